The molecule has 0 radical (unpaired) electrons. The Morgan fingerprint density at radius 1 is 1.20 bits per heavy atom. The maximum atomic E-state index is 4.87. The first kappa shape index (κ1) is 15.0. The average Bonchev–Trinajstić information content (AvgIpc) is 2.73. The van der Waals surface area contributed by atoms with Crippen molar-refractivity contribution in [3.8, 4) is 0 Å². The van der Waals surface area contributed by atoms with Gasteiger partial charge in [-0.3, -0.25) is 0 Å². The van der Waals surface area contributed by atoms with Crippen molar-refractivity contribution in [3.05, 3.63) is 29.6 Å². The van der Waals surface area contributed by atoms with Gasteiger partial charge in [0.1, 0.15) is 5.82 Å². The van der Waals surface area contributed by atoms with Crippen molar-refractivity contribution >= 4 is 11.0 Å². The lowest BCUT2D eigenvalue weighted by atomic mass is 10.0. The molecule has 2 rings (SSSR count). The first-order valence-corrected chi connectivity index (χ1v) is 7.66. The third-order valence-electron chi connectivity index (χ3n) is 3.66. The highest BCUT2D eigenvalue weighted by Crippen LogP contribution is 2.23. The summed E-state index contributed by atoms with van der Waals surface area (Å²) in [5.74, 6) is 2.38. The van der Waals surface area contributed by atoms with E-state index in [0.29, 0.717) is 11.8 Å². The molecule has 0 spiro atoms. The molecule has 0 atom stereocenters. The Bertz CT molecular complexity index is 567. The summed E-state index contributed by atoms with van der Waals surface area (Å²) in [6.07, 6.45) is 0.981. The normalized spacial score (nSPS) is 11.9. The molecule has 3 nitrogen and oxygen atoms in total. The molecule has 2 aromatic rings. The number of nitrogens with one attached hydrogen (secondary N) is 1. The van der Waals surface area contributed by atoms with E-state index in [1.165, 1.54) is 16.9 Å². The van der Waals surface area contributed by atoms with Crippen LogP contribution in [0.2, 0.25) is 0 Å². The van der Waals surface area contributed by atoms with E-state index in [9.17, 15) is 0 Å². The number of rotatable bonds is 6. The van der Waals surface area contributed by atoms with Gasteiger partial charge in [0, 0.05) is 19.5 Å². The van der Waals surface area contributed by atoms with E-state index in [0.717, 1.165) is 25.0 Å². The fourth-order valence-electron chi connectivity index (χ4n) is 2.55. The molecule has 0 saturated carbocycles. The van der Waals surface area contributed by atoms with Gasteiger partial charge in [0.15, 0.2) is 0 Å². The minimum atomic E-state index is 0.551. The summed E-state index contributed by atoms with van der Waals surface area (Å²) in [6, 6.07) is 6.73. The molecule has 0 unspecified atom stereocenters. The number of hydrogen-bond donors (Lipinski definition) is 1. The van der Waals surface area contributed by atoms with Gasteiger partial charge in [0.25, 0.3) is 0 Å². The number of benzene rings is 1. The molecule has 0 aliphatic carbocycles. The fourth-order valence-corrected chi connectivity index (χ4v) is 2.55. The molecule has 0 amide bonds. The predicted octanol–water partition coefficient (Wildman–Crippen LogP) is 3.58. The van der Waals surface area contributed by atoms with Crippen molar-refractivity contribution in [2.45, 2.75) is 46.6 Å². The lowest BCUT2D eigenvalue weighted by Crippen LogP contribution is -2.15. The van der Waals surface area contributed by atoms with Crippen molar-refractivity contribution < 1.29 is 0 Å². The molecule has 0 aliphatic heterocycles. The summed E-state index contributed by atoms with van der Waals surface area (Å²) in [4.78, 5) is 4.87. The molecular formula is C17H27N3. The summed E-state index contributed by atoms with van der Waals surface area (Å²) < 4.78 is 2.39. The summed E-state index contributed by atoms with van der Waals surface area (Å²) in [5, 5.41) is 3.22. The van der Waals surface area contributed by atoms with Crippen LogP contribution in [0, 0.1) is 5.92 Å². The van der Waals surface area contributed by atoms with Gasteiger partial charge in [0.2, 0.25) is 0 Å². The van der Waals surface area contributed by atoms with Gasteiger partial charge in [-0.15, -0.1) is 0 Å². The highest BCUT2D eigenvalue weighted by atomic mass is 15.1. The molecule has 3 heteroatoms. The third-order valence-corrected chi connectivity index (χ3v) is 3.66. The smallest absolute Gasteiger partial charge is 0.111 e. The maximum Gasteiger partial charge on any atom is 0.111 e. The van der Waals surface area contributed by atoms with Crippen molar-refractivity contribution in [3.63, 3.8) is 0 Å². The standard InChI is InChI=1S/C17H27N3/c1-12(2)11-20-16-7-6-14(13(3)4)10-15(16)19-17(20)8-9-18-5/h6-7,10,12-13,18H,8-9,11H2,1-5H3. The van der Waals surface area contributed by atoms with Crippen molar-refractivity contribution in [2.75, 3.05) is 13.6 Å². The summed E-state index contributed by atoms with van der Waals surface area (Å²) in [7, 11) is 1.99. The number of likely N-dealkylation sites (N-methyl/N-ethyl adjacent to an activating group) is 1. The van der Waals surface area contributed by atoms with E-state index < -0.39 is 0 Å². The van der Waals surface area contributed by atoms with E-state index in [1.807, 2.05) is 7.05 Å². The molecule has 0 fully saturated rings. The Labute approximate surface area is 122 Å². The molecule has 0 aliphatic rings. The number of hydrogen-bond acceptors (Lipinski definition) is 2. The molecular weight excluding hydrogens is 246 g/mol. The van der Waals surface area contributed by atoms with Gasteiger partial charge in [-0.2, -0.15) is 0 Å². The van der Waals surface area contributed by atoms with Crippen LogP contribution < -0.4 is 5.32 Å². The van der Waals surface area contributed by atoms with E-state index >= 15 is 0 Å². The van der Waals surface area contributed by atoms with Crippen molar-refractivity contribution in [1.82, 2.24) is 14.9 Å². The second-order valence-electron chi connectivity index (χ2n) is 6.29. The summed E-state index contributed by atoms with van der Waals surface area (Å²) >= 11 is 0. The minimum Gasteiger partial charge on any atom is -0.328 e. The van der Waals surface area contributed by atoms with Gasteiger partial charge in [-0.05, 0) is 36.6 Å². The van der Waals surface area contributed by atoms with E-state index in [2.05, 4.69) is 55.8 Å². The van der Waals surface area contributed by atoms with Gasteiger partial charge < -0.3 is 9.88 Å². The van der Waals surface area contributed by atoms with Crippen LogP contribution in [-0.4, -0.2) is 23.1 Å². The second-order valence-corrected chi connectivity index (χ2v) is 6.29. The number of nitrogens with zero attached hydrogens (tertiary/aromatic N) is 2. The lowest BCUT2D eigenvalue weighted by molar-refractivity contribution is 0.514. The van der Waals surface area contributed by atoms with Crippen LogP contribution in [0.5, 0.6) is 0 Å². The molecule has 110 valence electrons. The zero-order valence-electron chi connectivity index (χ0n) is 13.4. The maximum absolute atomic E-state index is 4.87. The predicted molar refractivity (Wildman–Crippen MR) is 86.3 cm³/mol. The van der Waals surface area contributed by atoms with Crippen molar-refractivity contribution in [2.24, 2.45) is 5.92 Å². The molecule has 0 bridgehead atoms. The molecule has 20 heavy (non-hydrogen) atoms. The largest absolute Gasteiger partial charge is 0.328 e. The SMILES string of the molecule is CNCCc1nc2cc(C(C)C)ccc2n1CC(C)C. The van der Waals surface area contributed by atoms with Crippen LogP contribution in [0.3, 0.4) is 0 Å². The number of fused-ring (bicyclic) bond motifs is 1. The molecule has 1 heterocycles. The van der Waals surface area contributed by atoms with E-state index in [1.54, 1.807) is 0 Å². The Hall–Kier alpha value is -1.35. The highest BCUT2D eigenvalue weighted by Gasteiger charge is 2.12. The van der Waals surface area contributed by atoms with Gasteiger partial charge in [-0.1, -0.05) is 33.8 Å². The number of aromatic nitrogens is 2. The van der Waals surface area contributed by atoms with Crippen LogP contribution in [-0.2, 0) is 13.0 Å². The Balaban J connectivity index is 2.47. The minimum absolute atomic E-state index is 0.551. The Morgan fingerprint density at radius 3 is 2.55 bits per heavy atom. The Kier molecular flexibility index (Phi) is 4.81. The molecule has 1 N–H and O–H groups in total. The Morgan fingerprint density at radius 2 is 1.95 bits per heavy atom. The van der Waals surface area contributed by atoms with Gasteiger partial charge in [-0.25, -0.2) is 4.98 Å². The topological polar surface area (TPSA) is 29.9 Å². The highest BCUT2D eigenvalue weighted by molar-refractivity contribution is 5.77. The summed E-state index contributed by atoms with van der Waals surface area (Å²) in [5.41, 5.74) is 3.78. The molecule has 1 aromatic carbocycles. The monoisotopic (exact) mass is 273 g/mol. The number of imidazole rings is 1. The first-order valence-electron chi connectivity index (χ1n) is 7.66. The van der Waals surface area contributed by atoms with E-state index in [-0.39, 0.29) is 0 Å². The first-order chi connectivity index (χ1) is 9.52. The lowest BCUT2D eigenvalue weighted by Gasteiger charge is -2.12. The van der Waals surface area contributed by atoms with Gasteiger partial charge in [0.05, 0.1) is 11.0 Å². The zero-order valence-corrected chi connectivity index (χ0v) is 13.4. The van der Waals surface area contributed by atoms with Crippen LogP contribution in [0.15, 0.2) is 18.2 Å². The summed E-state index contributed by atoms with van der Waals surface area (Å²) in [6.45, 7) is 11.0. The van der Waals surface area contributed by atoms with Crippen LogP contribution in [0.1, 0.15) is 45.0 Å². The zero-order chi connectivity index (χ0) is 14.7. The van der Waals surface area contributed by atoms with Crippen LogP contribution in [0.25, 0.3) is 11.0 Å². The fraction of sp³-hybridized carbons (Fsp3) is 0.588. The van der Waals surface area contributed by atoms with Crippen molar-refractivity contribution in [1.29, 1.82) is 0 Å². The third kappa shape index (κ3) is 3.21. The average molecular weight is 273 g/mol. The molecule has 0 saturated heterocycles. The molecule has 1 aromatic heterocycles. The van der Waals surface area contributed by atoms with Crippen LogP contribution >= 0.6 is 0 Å². The second kappa shape index (κ2) is 6.40. The quantitative estimate of drug-likeness (QED) is 0.872. The van der Waals surface area contributed by atoms with Gasteiger partial charge >= 0.3 is 0 Å². The van der Waals surface area contributed by atoms with E-state index in [4.69, 9.17) is 4.98 Å². The van der Waals surface area contributed by atoms with Crippen LogP contribution in [0.4, 0.5) is 0 Å².